The number of benzene rings is 1. The van der Waals surface area contributed by atoms with Gasteiger partial charge in [0.25, 0.3) is 5.91 Å². The molecule has 0 spiro atoms. The van der Waals surface area contributed by atoms with Crippen molar-refractivity contribution < 1.29 is 22.7 Å². The van der Waals surface area contributed by atoms with E-state index in [9.17, 15) is 18.0 Å². The summed E-state index contributed by atoms with van der Waals surface area (Å²) in [6.07, 6.45) is 1.09. The SMILES string of the molecule is COC(=O)C(NC(=O)c1ccc(S(C)(=O)=O)cc1)C(C)C. The highest BCUT2D eigenvalue weighted by molar-refractivity contribution is 7.90. The van der Waals surface area contributed by atoms with Gasteiger partial charge in [-0.3, -0.25) is 4.79 Å². The van der Waals surface area contributed by atoms with Crippen molar-refractivity contribution in [2.45, 2.75) is 24.8 Å². The number of methoxy groups -OCH3 is 1. The molecule has 0 aliphatic carbocycles. The molecule has 0 saturated carbocycles. The summed E-state index contributed by atoms with van der Waals surface area (Å²) >= 11 is 0. The van der Waals surface area contributed by atoms with Crippen molar-refractivity contribution in [1.82, 2.24) is 5.32 Å². The highest BCUT2D eigenvalue weighted by Gasteiger charge is 2.25. The zero-order valence-electron chi connectivity index (χ0n) is 12.4. The van der Waals surface area contributed by atoms with Gasteiger partial charge in [-0.05, 0) is 30.2 Å². The first-order chi connectivity index (χ1) is 9.66. The van der Waals surface area contributed by atoms with Crippen LogP contribution in [0.4, 0.5) is 0 Å². The molecule has 21 heavy (non-hydrogen) atoms. The van der Waals surface area contributed by atoms with Crippen LogP contribution in [0.5, 0.6) is 0 Å². The van der Waals surface area contributed by atoms with E-state index in [1.165, 1.54) is 31.4 Å². The molecule has 7 heteroatoms. The number of nitrogens with one attached hydrogen (secondary N) is 1. The molecule has 0 bridgehead atoms. The molecule has 0 aromatic heterocycles. The largest absolute Gasteiger partial charge is 0.467 e. The molecule has 0 aliphatic rings. The van der Waals surface area contributed by atoms with Gasteiger partial charge in [-0.15, -0.1) is 0 Å². The van der Waals surface area contributed by atoms with Gasteiger partial charge in [0, 0.05) is 11.8 Å². The van der Waals surface area contributed by atoms with Crippen molar-refractivity contribution >= 4 is 21.7 Å². The lowest BCUT2D eigenvalue weighted by molar-refractivity contribution is -0.144. The summed E-state index contributed by atoms with van der Waals surface area (Å²) in [7, 11) is -2.05. The van der Waals surface area contributed by atoms with Gasteiger partial charge in [-0.2, -0.15) is 0 Å². The van der Waals surface area contributed by atoms with Gasteiger partial charge >= 0.3 is 5.97 Å². The lowest BCUT2D eigenvalue weighted by Crippen LogP contribution is -2.45. The minimum absolute atomic E-state index is 0.128. The molecule has 1 amide bonds. The van der Waals surface area contributed by atoms with E-state index in [4.69, 9.17) is 0 Å². The Morgan fingerprint density at radius 1 is 1.14 bits per heavy atom. The fraction of sp³-hybridized carbons (Fsp3) is 0.429. The predicted octanol–water partition coefficient (Wildman–Crippen LogP) is 1.02. The van der Waals surface area contributed by atoms with Crippen LogP contribution in [0.25, 0.3) is 0 Å². The third kappa shape index (κ3) is 4.56. The minimum atomic E-state index is -3.30. The molecule has 116 valence electrons. The van der Waals surface area contributed by atoms with Crippen molar-refractivity contribution in [3.8, 4) is 0 Å². The van der Waals surface area contributed by atoms with Crippen LogP contribution < -0.4 is 5.32 Å². The van der Waals surface area contributed by atoms with Crippen LogP contribution in [0.15, 0.2) is 29.2 Å². The number of rotatable bonds is 5. The van der Waals surface area contributed by atoms with Gasteiger partial charge in [-0.1, -0.05) is 13.8 Å². The summed E-state index contributed by atoms with van der Waals surface area (Å²) in [5.41, 5.74) is 0.275. The van der Waals surface area contributed by atoms with Gasteiger partial charge in [0.1, 0.15) is 6.04 Å². The normalized spacial score (nSPS) is 12.8. The lowest BCUT2D eigenvalue weighted by atomic mass is 10.0. The van der Waals surface area contributed by atoms with Crippen molar-refractivity contribution in [3.05, 3.63) is 29.8 Å². The summed E-state index contributed by atoms with van der Waals surface area (Å²) in [5.74, 6) is -1.11. The number of esters is 1. The van der Waals surface area contributed by atoms with Crippen molar-refractivity contribution in [2.75, 3.05) is 13.4 Å². The zero-order valence-corrected chi connectivity index (χ0v) is 13.2. The van der Waals surface area contributed by atoms with E-state index in [1.807, 2.05) is 0 Å². The summed E-state index contributed by atoms with van der Waals surface area (Å²) in [5, 5.41) is 2.58. The van der Waals surface area contributed by atoms with Gasteiger partial charge in [0.05, 0.1) is 12.0 Å². The summed E-state index contributed by atoms with van der Waals surface area (Å²) in [6, 6.07) is 4.76. The third-order valence-corrected chi connectivity index (χ3v) is 4.08. The molecule has 0 heterocycles. The van der Waals surface area contributed by atoms with E-state index < -0.39 is 27.8 Å². The second kappa shape index (κ2) is 6.71. The van der Waals surface area contributed by atoms with E-state index in [1.54, 1.807) is 13.8 Å². The van der Waals surface area contributed by atoms with E-state index in [0.717, 1.165) is 6.26 Å². The Labute approximate surface area is 124 Å². The van der Waals surface area contributed by atoms with Crippen LogP contribution in [0.1, 0.15) is 24.2 Å². The molecule has 1 aromatic rings. The average Bonchev–Trinajstić information content (AvgIpc) is 2.42. The summed E-state index contributed by atoms with van der Waals surface area (Å²) < 4.78 is 27.3. The number of hydrogen-bond donors (Lipinski definition) is 1. The Balaban J connectivity index is 2.91. The average molecular weight is 313 g/mol. The molecule has 0 saturated heterocycles. The molecule has 6 nitrogen and oxygen atoms in total. The Kier molecular flexibility index (Phi) is 5.48. The smallest absolute Gasteiger partial charge is 0.328 e. The van der Waals surface area contributed by atoms with Crippen LogP contribution in [-0.4, -0.2) is 39.7 Å². The van der Waals surface area contributed by atoms with E-state index in [2.05, 4.69) is 10.1 Å². The zero-order chi connectivity index (χ0) is 16.2. The first-order valence-corrected chi connectivity index (χ1v) is 8.24. The molecule has 0 fully saturated rings. The molecule has 1 N–H and O–H groups in total. The predicted molar refractivity (Wildman–Crippen MR) is 77.7 cm³/mol. The second-order valence-electron chi connectivity index (χ2n) is 5.01. The van der Waals surface area contributed by atoms with Crippen LogP contribution in [0.2, 0.25) is 0 Å². The standard InChI is InChI=1S/C14H19NO5S/c1-9(2)12(14(17)20-3)15-13(16)10-5-7-11(8-6-10)21(4,18)19/h5-9,12H,1-4H3,(H,15,16). The number of sulfone groups is 1. The number of carbonyl (C=O) groups excluding carboxylic acids is 2. The molecular weight excluding hydrogens is 294 g/mol. The van der Waals surface area contributed by atoms with Gasteiger partial charge < -0.3 is 10.1 Å². The third-order valence-electron chi connectivity index (χ3n) is 2.95. The number of carbonyl (C=O) groups is 2. The van der Waals surface area contributed by atoms with Gasteiger partial charge in [-0.25, -0.2) is 13.2 Å². The topological polar surface area (TPSA) is 89.5 Å². The highest BCUT2D eigenvalue weighted by Crippen LogP contribution is 2.11. The minimum Gasteiger partial charge on any atom is -0.467 e. The molecule has 1 atom stereocenters. The van der Waals surface area contributed by atoms with Crippen molar-refractivity contribution in [1.29, 1.82) is 0 Å². The fourth-order valence-corrected chi connectivity index (χ4v) is 2.33. The monoisotopic (exact) mass is 313 g/mol. The molecule has 1 aromatic carbocycles. The van der Waals surface area contributed by atoms with Gasteiger partial charge in [0.2, 0.25) is 0 Å². The molecule has 1 unspecified atom stereocenters. The van der Waals surface area contributed by atoms with Crippen LogP contribution in [-0.2, 0) is 19.4 Å². The maximum atomic E-state index is 12.1. The fourth-order valence-electron chi connectivity index (χ4n) is 1.70. The summed E-state index contributed by atoms with van der Waals surface area (Å²) in [6.45, 7) is 3.57. The maximum absolute atomic E-state index is 12.1. The lowest BCUT2D eigenvalue weighted by Gasteiger charge is -2.19. The molecular formula is C14H19NO5S. The maximum Gasteiger partial charge on any atom is 0.328 e. The van der Waals surface area contributed by atoms with E-state index in [-0.39, 0.29) is 16.4 Å². The second-order valence-corrected chi connectivity index (χ2v) is 7.03. The number of hydrogen-bond acceptors (Lipinski definition) is 5. The van der Waals surface area contributed by atoms with E-state index >= 15 is 0 Å². The number of ether oxygens (including phenoxy) is 1. The first kappa shape index (κ1) is 17.2. The quantitative estimate of drug-likeness (QED) is 0.820. The highest BCUT2D eigenvalue weighted by atomic mass is 32.2. The van der Waals surface area contributed by atoms with Crippen LogP contribution in [0.3, 0.4) is 0 Å². The van der Waals surface area contributed by atoms with Crippen molar-refractivity contribution in [2.24, 2.45) is 5.92 Å². The van der Waals surface area contributed by atoms with Gasteiger partial charge in [0.15, 0.2) is 9.84 Å². The molecule has 1 rings (SSSR count). The van der Waals surface area contributed by atoms with Crippen LogP contribution in [0, 0.1) is 5.92 Å². The van der Waals surface area contributed by atoms with Crippen LogP contribution >= 0.6 is 0 Å². The van der Waals surface area contributed by atoms with E-state index in [0.29, 0.717) is 0 Å². The molecule has 0 aliphatic heterocycles. The Hall–Kier alpha value is -1.89. The Morgan fingerprint density at radius 2 is 1.67 bits per heavy atom. The summed E-state index contributed by atoms with van der Waals surface area (Å²) in [4.78, 5) is 23.8. The first-order valence-electron chi connectivity index (χ1n) is 6.35. The Morgan fingerprint density at radius 3 is 2.05 bits per heavy atom. The van der Waals surface area contributed by atoms with Crippen molar-refractivity contribution in [3.63, 3.8) is 0 Å². The molecule has 0 radical (unpaired) electrons. The Bertz CT molecular complexity index is 619. The number of amides is 1.